The fourth-order valence-corrected chi connectivity index (χ4v) is 3.53. The van der Waals surface area contributed by atoms with E-state index in [0.717, 1.165) is 5.56 Å². The van der Waals surface area contributed by atoms with Gasteiger partial charge in [-0.2, -0.15) is 0 Å². The van der Waals surface area contributed by atoms with Gasteiger partial charge in [0.15, 0.2) is 17.3 Å². The van der Waals surface area contributed by atoms with Crippen LogP contribution in [0.15, 0.2) is 69.9 Å². The lowest BCUT2D eigenvalue weighted by molar-refractivity contribution is 0.0730. The predicted octanol–water partition coefficient (Wildman–Crippen LogP) is 5.66. The molecule has 1 aromatic heterocycles. The first kappa shape index (κ1) is 21.5. The van der Waals surface area contributed by atoms with Crippen molar-refractivity contribution >= 4 is 28.5 Å². The molecule has 7 heteroatoms. The van der Waals surface area contributed by atoms with Crippen LogP contribution in [0, 0.1) is 6.92 Å². The van der Waals surface area contributed by atoms with Crippen LogP contribution in [0.2, 0.25) is 5.02 Å². The molecular formula is C25H19ClO6. The lowest BCUT2D eigenvalue weighted by atomic mass is 10.1. The number of benzene rings is 3. The Labute approximate surface area is 188 Å². The number of hydrogen-bond acceptors (Lipinski definition) is 6. The van der Waals surface area contributed by atoms with Crippen molar-refractivity contribution in [3.05, 3.63) is 87.0 Å². The van der Waals surface area contributed by atoms with Crippen LogP contribution in [0.1, 0.15) is 15.9 Å². The highest BCUT2D eigenvalue weighted by Crippen LogP contribution is 2.37. The maximum Gasteiger partial charge on any atom is 0.344 e. The molecule has 0 spiro atoms. The van der Waals surface area contributed by atoms with Gasteiger partial charge in [0.1, 0.15) is 5.58 Å². The zero-order valence-electron chi connectivity index (χ0n) is 17.6. The summed E-state index contributed by atoms with van der Waals surface area (Å²) >= 11 is 6.08. The fourth-order valence-electron chi connectivity index (χ4n) is 3.36. The summed E-state index contributed by atoms with van der Waals surface area (Å²) in [5.74, 6) is 0.121. The Morgan fingerprint density at radius 1 is 0.938 bits per heavy atom. The third kappa shape index (κ3) is 3.92. The largest absolute Gasteiger partial charge is 0.493 e. The van der Waals surface area contributed by atoms with E-state index < -0.39 is 11.4 Å². The Bertz CT molecular complexity index is 1390. The summed E-state index contributed by atoms with van der Waals surface area (Å²) in [5.41, 5.74) is 1.33. The highest BCUT2D eigenvalue weighted by molar-refractivity contribution is 6.31. The van der Waals surface area contributed by atoms with Gasteiger partial charge in [0.2, 0.25) is 11.2 Å². The lowest BCUT2D eigenvalue weighted by Gasteiger charge is -2.13. The van der Waals surface area contributed by atoms with Gasteiger partial charge in [-0.1, -0.05) is 29.8 Å². The van der Waals surface area contributed by atoms with Gasteiger partial charge in [-0.05, 0) is 55.0 Å². The van der Waals surface area contributed by atoms with Crippen LogP contribution in [-0.4, -0.2) is 20.2 Å². The average Bonchev–Trinajstić information content (AvgIpc) is 2.80. The molecule has 0 bridgehead atoms. The van der Waals surface area contributed by atoms with E-state index in [1.165, 1.54) is 20.3 Å². The SMILES string of the molecule is COc1ccc(-c2oc3ccc(Cl)cc3c(=O)c2OC(=O)c2ccccc2C)cc1OC. The minimum atomic E-state index is -0.668. The second kappa shape index (κ2) is 8.77. The Kier molecular flexibility index (Phi) is 5.88. The first-order valence-electron chi connectivity index (χ1n) is 9.69. The summed E-state index contributed by atoms with van der Waals surface area (Å²) in [7, 11) is 3.02. The van der Waals surface area contributed by atoms with E-state index in [2.05, 4.69) is 0 Å². The summed E-state index contributed by atoms with van der Waals surface area (Å²) in [6.07, 6.45) is 0. The molecule has 3 aromatic carbocycles. The number of esters is 1. The van der Waals surface area contributed by atoms with Gasteiger partial charge >= 0.3 is 5.97 Å². The van der Waals surface area contributed by atoms with Crippen molar-refractivity contribution in [3.8, 4) is 28.6 Å². The van der Waals surface area contributed by atoms with Crippen molar-refractivity contribution < 1.29 is 23.4 Å². The van der Waals surface area contributed by atoms with Crippen LogP contribution in [-0.2, 0) is 0 Å². The third-order valence-electron chi connectivity index (χ3n) is 5.02. The molecule has 4 aromatic rings. The molecule has 1 heterocycles. The summed E-state index contributed by atoms with van der Waals surface area (Å²) in [4.78, 5) is 26.3. The molecule has 0 radical (unpaired) electrons. The maximum absolute atomic E-state index is 13.4. The number of aryl methyl sites for hydroxylation is 1. The number of halogens is 1. The van der Waals surface area contributed by atoms with E-state index in [1.807, 2.05) is 6.07 Å². The number of hydrogen-bond donors (Lipinski definition) is 0. The number of carbonyl (C=O) groups is 1. The minimum Gasteiger partial charge on any atom is -0.493 e. The number of fused-ring (bicyclic) bond motifs is 1. The van der Waals surface area contributed by atoms with Crippen LogP contribution in [0.4, 0.5) is 0 Å². The van der Waals surface area contributed by atoms with Gasteiger partial charge < -0.3 is 18.6 Å². The minimum absolute atomic E-state index is 0.0905. The first-order chi connectivity index (χ1) is 15.4. The predicted molar refractivity (Wildman–Crippen MR) is 122 cm³/mol. The molecule has 0 N–H and O–H groups in total. The van der Waals surface area contributed by atoms with E-state index in [0.29, 0.717) is 33.2 Å². The van der Waals surface area contributed by atoms with Crippen molar-refractivity contribution in [2.45, 2.75) is 6.92 Å². The number of methoxy groups -OCH3 is 2. The smallest absolute Gasteiger partial charge is 0.344 e. The lowest BCUT2D eigenvalue weighted by Crippen LogP contribution is -2.17. The standard InChI is InChI=1S/C25H19ClO6/c1-14-6-4-5-7-17(14)25(28)32-24-22(27)18-13-16(26)9-11-19(18)31-23(24)15-8-10-20(29-2)21(12-15)30-3/h4-13H,1-3H3. The molecule has 162 valence electrons. The topological polar surface area (TPSA) is 75.0 Å². The molecule has 32 heavy (non-hydrogen) atoms. The van der Waals surface area contributed by atoms with Gasteiger partial charge in [0.25, 0.3) is 0 Å². The second-order valence-corrected chi connectivity index (χ2v) is 7.44. The van der Waals surface area contributed by atoms with Crippen LogP contribution in [0.25, 0.3) is 22.3 Å². The van der Waals surface area contributed by atoms with Crippen LogP contribution in [0.3, 0.4) is 0 Å². The molecule has 4 rings (SSSR count). The Hall–Kier alpha value is -3.77. The van der Waals surface area contributed by atoms with E-state index in [9.17, 15) is 9.59 Å². The molecular weight excluding hydrogens is 432 g/mol. The normalized spacial score (nSPS) is 10.8. The fraction of sp³-hybridized carbons (Fsp3) is 0.120. The second-order valence-electron chi connectivity index (χ2n) is 7.00. The molecule has 0 aliphatic heterocycles. The average molecular weight is 451 g/mol. The molecule has 0 unspecified atom stereocenters. The van der Waals surface area contributed by atoms with Crippen LogP contribution < -0.4 is 19.6 Å². The Morgan fingerprint density at radius 3 is 2.41 bits per heavy atom. The van der Waals surface area contributed by atoms with E-state index >= 15 is 0 Å². The van der Waals surface area contributed by atoms with Gasteiger partial charge in [0.05, 0.1) is 25.2 Å². The molecule has 0 saturated carbocycles. The van der Waals surface area contributed by atoms with Crippen LogP contribution >= 0.6 is 11.6 Å². The van der Waals surface area contributed by atoms with Gasteiger partial charge in [-0.3, -0.25) is 4.79 Å². The number of carbonyl (C=O) groups excluding carboxylic acids is 1. The molecule has 0 amide bonds. The summed E-state index contributed by atoms with van der Waals surface area (Å²) in [5, 5.41) is 0.564. The summed E-state index contributed by atoms with van der Waals surface area (Å²) in [6.45, 7) is 1.79. The summed E-state index contributed by atoms with van der Waals surface area (Å²) < 4.78 is 22.3. The zero-order chi connectivity index (χ0) is 22.8. The Morgan fingerprint density at radius 2 is 1.69 bits per heavy atom. The molecule has 6 nitrogen and oxygen atoms in total. The highest BCUT2D eigenvalue weighted by atomic mass is 35.5. The zero-order valence-corrected chi connectivity index (χ0v) is 18.4. The monoisotopic (exact) mass is 450 g/mol. The van der Waals surface area contributed by atoms with Crippen molar-refractivity contribution in [1.82, 2.24) is 0 Å². The summed E-state index contributed by atoms with van der Waals surface area (Å²) in [6, 6.07) is 16.6. The third-order valence-corrected chi connectivity index (χ3v) is 5.25. The van der Waals surface area contributed by atoms with E-state index in [1.54, 1.807) is 55.5 Å². The molecule has 0 saturated heterocycles. The van der Waals surface area contributed by atoms with Crippen molar-refractivity contribution in [1.29, 1.82) is 0 Å². The maximum atomic E-state index is 13.4. The molecule has 0 fully saturated rings. The van der Waals surface area contributed by atoms with Crippen molar-refractivity contribution in [2.75, 3.05) is 14.2 Å². The van der Waals surface area contributed by atoms with Crippen molar-refractivity contribution in [2.24, 2.45) is 0 Å². The van der Waals surface area contributed by atoms with Crippen LogP contribution in [0.5, 0.6) is 17.2 Å². The van der Waals surface area contributed by atoms with Gasteiger partial charge in [-0.15, -0.1) is 0 Å². The van der Waals surface area contributed by atoms with Gasteiger partial charge in [-0.25, -0.2) is 4.79 Å². The van der Waals surface area contributed by atoms with Gasteiger partial charge in [0, 0.05) is 10.6 Å². The molecule has 0 aliphatic rings. The Balaban J connectivity index is 1.94. The molecule has 0 aliphatic carbocycles. The van der Waals surface area contributed by atoms with E-state index in [4.69, 9.17) is 30.2 Å². The number of ether oxygens (including phenoxy) is 3. The highest BCUT2D eigenvalue weighted by Gasteiger charge is 2.23. The first-order valence-corrected chi connectivity index (χ1v) is 10.1. The number of rotatable bonds is 5. The molecule has 0 atom stereocenters. The van der Waals surface area contributed by atoms with E-state index in [-0.39, 0.29) is 16.9 Å². The quantitative estimate of drug-likeness (QED) is 0.365. The van der Waals surface area contributed by atoms with Crippen molar-refractivity contribution in [3.63, 3.8) is 0 Å².